The van der Waals surface area contributed by atoms with Crippen molar-refractivity contribution in [3.8, 4) is 0 Å². The second-order valence-corrected chi connectivity index (χ2v) is 7.34. The predicted octanol–water partition coefficient (Wildman–Crippen LogP) is 1.96. The number of nitrogens with one attached hydrogen (secondary N) is 2. The Labute approximate surface area is 118 Å². The van der Waals surface area contributed by atoms with E-state index in [9.17, 15) is 18.5 Å². The van der Waals surface area contributed by atoms with Crippen molar-refractivity contribution in [1.82, 2.24) is 4.72 Å². The van der Waals surface area contributed by atoms with E-state index in [0.29, 0.717) is 0 Å². The Bertz CT molecular complexity index is 606. The molecule has 8 heteroatoms. The number of hydrogen-bond acceptors (Lipinski definition) is 5. The quantitative estimate of drug-likeness (QED) is 0.639. The molecule has 0 spiro atoms. The zero-order chi connectivity index (χ0) is 15.6. The highest BCUT2D eigenvalue weighted by atomic mass is 32.2. The van der Waals surface area contributed by atoms with E-state index in [1.807, 2.05) is 20.8 Å². The Kier molecular flexibility index (Phi) is 4.72. The van der Waals surface area contributed by atoms with Crippen LogP contribution in [0.5, 0.6) is 0 Å². The molecule has 0 aliphatic rings. The zero-order valence-electron chi connectivity index (χ0n) is 11.9. The molecule has 7 nitrogen and oxygen atoms in total. The van der Waals surface area contributed by atoms with Crippen LogP contribution < -0.4 is 10.0 Å². The first kappa shape index (κ1) is 16.4. The number of nitro benzene ring substituents is 1. The van der Waals surface area contributed by atoms with Crippen molar-refractivity contribution >= 4 is 21.4 Å². The van der Waals surface area contributed by atoms with Crippen LogP contribution in [0.1, 0.15) is 20.8 Å². The summed E-state index contributed by atoms with van der Waals surface area (Å²) in [5.41, 5.74) is -0.222. The topological polar surface area (TPSA) is 101 Å². The third-order valence-corrected chi connectivity index (χ3v) is 3.94. The Balaban J connectivity index is 3.13. The summed E-state index contributed by atoms with van der Waals surface area (Å²) in [6.45, 7) is 5.92. The van der Waals surface area contributed by atoms with Gasteiger partial charge in [0.2, 0.25) is 10.0 Å². The molecule has 112 valence electrons. The number of sulfonamides is 1. The monoisotopic (exact) mass is 301 g/mol. The molecule has 0 aliphatic carbocycles. The van der Waals surface area contributed by atoms with Crippen LogP contribution in [0.3, 0.4) is 0 Å². The molecule has 0 aromatic heterocycles. The van der Waals surface area contributed by atoms with Gasteiger partial charge in [-0.2, -0.15) is 0 Å². The van der Waals surface area contributed by atoms with E-state index in [1.165, 1.54) is 19.2 Å². The van der Waals surface area contributed by atoms with E-state index in [4.69, 9.17) is 0 Å². The molecule has 0 fully saturated rings. The highest BCUT2D eigenvalue weighted by molar-refractivity contribution is 7.89. The van der Waals surface area contributed by atoms with Crippen molar-refractivity contribution in [3.05, 3.63) is 28.3 Å². The Morgan fingerprint density at radius 3 is 2.35 bits per heavy atom. The van der Waals surface area contributed by atoms with Gasteiger partial charge in [-0.1, -0.05) is 20.8 Å². The second kappa shape index (κ2) is 5.76. The van der Waals surface area contributed by atoms with Crippen LogP contribution in [0.2, 0.25) is 0 Å². The summed E-state index contributed by atoms with van der Waals surface area (Å²) >= 11 is 0. The second-order valence-electron chi connectivity index (χ2n) is 5.57. The van der Waals surface area contributed by atoms with Gasteiger partial charge in [0.15, 0.2) is 0 Å². The summed E-state index contributed by atoms with van der Waals surface area (Å²) in [7, 11) is -2.22. The molecule has 0 radical (unpaired) electrons. The van der Waals surface area contributed by atoms with E-state index in [-0.39, 0.29) is 28.2 Å². The van der Waals surface area contributed by atoms with Crippen LogP contribution in [0.25, 0.3) is 0 Å². The first-order valence-corrected chi connectivity index (χ1v) is 7.51. The molecule has 20 heavy (non-hydrogen) atoms. The fourth-order valence-electron chi connectivity index (χ4n) is 1.44. The van der Waals surface area contributed by atoms with Crippen molar-refractivity contribution in [3.63, 3.8) is 0 Å². The Morgan fingerprint density at radius 2 is 1.90 bits per heavy atom. The third-order valence-electron chi connectivity index (χ3n) is 2.54. The minimum atomic E-state index is -3.76. The highest BCUT2D eigenvalue weighted by Crippen LogP contribution is 2.27. The zero-order valence-corrected chi connectivity index (χ0v) is 12.7. The lowest BCUT2D eigenvalue weighted by molar-refractivity contribution is -0.384. The summed E-state index contributed by atoms with van der Waals surface area (Å²) < 4.78 is 26.6. The lowest BCUT2D eigenvalue weighted by atomic mass is 9.98. The molecular formula is C12H19N3O4S. The average molecular weight is 301 g/mol. The Hall–Kier alpha value is -1.67. The van der Waals surface area contributed by atoms with Crippen LogP contribution in [0, 0.1) is 15.5 Å². The number of nitro groups is 1. The van der Waals surface area contributed by atoms with E-state index < -0.39 is 14.9 Å². The molecule has 0 saturated carbocycles. The van der Waals surface area contributed by atoms with E-state index >= 15 is 0 Å². The fourth-order valence-corrected chi connectivity index (χ4v) is 2.74. The van der Waals surface area contributed by atoms with E-state index in [2.05, 4.69) is 10.0 Å². The number of nitrogens with zero attached hydrogens (tertiary/aromatic N) is 1. The minimum absolute atomic E-state index is 0.118. The highest BCUT2D eigenvalue weighted by Gasteiger charge is 2.22. The van der Waals surface area contributed by atoms with Gasteiger partial charge in [0.25, 0.3) is 5.69 Å². The molecule has 0 aliphatic heterocycles. The van der Waals surface area contributed by atoms with Crippen molar-refractivity contribution in [2.75, 3.05) is 18.9 Å². The summed E-state index contributed by atoms with van der Waals surface area (Å²) in [4.78, 5) is 10.2. The van der Waals surface area contributed by atoms with Crippen molar-refractivity contribution in [1.29, 1.82) is 0 Å². The van der Waals surface area contributed by atoms with Gasteiger partial charge in [-0.05, 0) is 17.5 Å². The van der Waals surface area contributed by atoms with Gasteiger partial charge in [0, 0.05) is 19.7 Å². The minimum Gasteiger partial charge on any atom is -0.383 e. The standard InChI is InChI=1S/C12H19N3O4S/c1-12(2,3)8-14-20(18,19)9-5-6-10(13-4)11(7-9)15(16)17/h5-7,13-14H,8H2,1-4H3. The van der Waals surface area contributed by atoms with Crippen molar-refractivity contribution in [2.24, 2.45) is 5.41 Å². The molecule has 1 aromatic rings. The molecule has 0 saturated heterocycles. The number of anilines is 1. The summed E-state index contributed by atoms with van der Waals surface area (Å²) in [5.74, 6) is 0. The number of hydrogen-bond donors (Lipinski definition) is 2. The summed E-state index contributed by atoms with van der Waals surface area (Å²) in [5, 5.41) is 13.6. The molecule has 1 aromatic carbocycles. The molecule has 0 bridgehead atoms. The van der Waals surface area contributed by atoms with Crippen molar-refractivity contribution in [2.45, 2.75) is 25.7 Å². The van der Waals surface area contributed by atoms with Crippen LogP contribution in [-0.4, -0.2) is 26.9 Å². The van der Waals surface area contributed by atoms with Crippen LogP contribution in [0.4, 0.5) is 11.4 Å². The van der Waals surface area contributed by atoms with Crippen molar-refractivity contribution < 1.29 is 13.3 Å². The van der Waals surface area contributed by atoms with Gasteiger partial charge in [-0.15, -0.1) is 0 Å². The van der Waals surface area contributed by atoms with E-state index in [1.54, 1.807) is 0 Å². The molecule has 0 unspecified atom stereocenters. The first-order valence-electron chi connectivity index (χ1n) is 6.03. The van der Waals surface area contributed by atoms with Gasteiger partial charge in [-0.25, -0.2) is 13.1 Å². The van der Waals surface area contributed by atoms with E-state index in [0.717, 1.165) is 6.07 Å². The summed E-state index contributed by atoms with van der Waals surface area (Å²) in [6, 6.07) is 3.77. The Morgan fingerprint density at radius 1 is 1.30 bits per heavy atom. The number of rotatable bonds is 5. The van der Waals surface area contributed by atoms with Gasteiger partial charge >= 0.3 is 0 Å². The van der Waals surface area contributed by atoms with Gasteiger partial charge < -0.3 is 5.32 Å². The SMILES string of the molecule is CNc1ccc(S(=O)(=O)NCC(C)(C)C)cc1[N+](=O)[O-]. The fraction of sp³-hybridized carbons (Fsp3) is 0.500. The predicted molar refractivity (Wildman–Crippen MR) is 77.3 cm³/mol. The van der Waals surface area contributed by atoms with Gasteiger partial charge in [0.1, 0.15) is 5.69 Å². The molecule has 0 heterocycles. The maximum Gasteiger partial charge on any atom is 0.293 e. The third kappa shape index (κ3) is 4.17. The van der Waals surface area contributed by atoms with Crippen LogP contribution in [-0.2, 0) is 10.0 Å². The largest absolute Gasteiger partial charge is 0.383 e. The molecule has 0 amide bonds. The average Bonchev–Trinajstić information content (AvgIpc) is 2.35. The van der Waals surface area contributed by atoms with Gasteiger partial charge in [0.05, 0.1) is 9.82 Å². The maximum absolute atomic E-state index is 12.1. The smallest absolute Gasteiger partial charge is 0.293 e. The number of benzene rings is 1. The summed E-state index contributed by atoms with van der Waals surface area (Å²) in [6.07, 6.45) is 0. The normalized spacial score (nSPS) is 12.2. The van der Waals surface area contributed by atoms with Gasteiger partial charge in [-0.3, -0.25) is 10.1 Å². The molecular weight excluding hydrogens is 282 g/mol. The lowest BCUT2D eigenvalue weighted by Gasteiger charge is -2.18. The van der Waals surface area contributed by atoms with Crippen LogP contribution >= 0.6 is 0 Å². The first-order chi connectivity index (χ1) is 9.07. The molecule has 0 atom stereocenters. The molecule has 1 rings (SSSR count). The lowest BCUT2D eigenvalue weighted by Crippen LogP contribution is -2.32. The van der Waals surface area contributed by atoms with Crippen LogP contribution in [0.15, 0.2) is 23.1 Å². The molecule has 2 N–H and O–H groups in total. The maximum atomic E-state index is 12.1.